The van der Waals surface area contributed by atoms with Crippen LogP contribution in [0.1, 0.15) is 16.8 Å². The first-order valence-electron chi connectivity index (χ1n) is 9.08. The number of aromatic nitrogens is 3. The van der Waals surface area contributed by atoms with Crippen LogP contribution in [0.5, 0.6) is 0 Å². The number of nitrogens with one attached hydrogen (secondary N) is 1. The average molecular weight is 469 g/mol. The Labute approximate surface area is 184 Å². The van der Waals surface area contributed by atoms with Gasteiger partial charge in [0.2, 0.25) is 11.8 Å². The molecule has 0 aliphatic heterocycles. The molecule has 1 fully saturated rings. The summed E-state index contributed by atoms with van der Waals surface area (Å²) in [5.41, 5.74) is 5.71. The molecule has 1 saturated carbocycles. The minimum Gasteiger partial charge on any atom is -0.366 e. The zero-order valence-corrected chi connectivity index (χ0v) is 17.8. The second kappa shape index (κ2) is 7.61. The minimum absolute atomic E-state index is 0.0521. The van der Waals surface area contributed by atoms with E-state index >= 15 is 0 Å². The molecular formula is C19H16Cl2F2N6O2. The lowest BCUT2D eigenvalue weighted by Gasteiger charge is -2.23. The van der Waals surface area contributed by atoms with Gasteiger partial charge in [0.05, 0.1) is 28.5 Å². The number of pyridine rings is 1. The van der Waals surface area contributed by atoms with Gasteiger partial charge in [-0.15, -0.1) is 0 Å². The van der Waals surface area contributed by atoms with E-state index in [0.717, 1.165) is 6.07 Å². The van der Waals surface area contributed by atoms with E-state index in [1.54, 1.807) is 11.6 Å². The lowest BCUT2D eigenvalue weighted by Crippen LogP contribution is -2.20. The number of fused-ring (bicyclic) bond motifs is 1. The van der Waals surface area contributed by atoms with Gasteiger partial charge < -0.3 is 20.5 Å². The maximum atomic E-state index is 14.8. The first-order chi connectivity index (χ1) is 14.6. The summed E-state index contributed by atoms with van der Waals surface area (Å²) in [6.07, 6.45) is 0.428. The summed E-state index contributed by atoms with van der Waals surface area (Å²) in [5, 5.41) is 2.61. The molecule has 0 unspecified atom stereocenters. The number of primary amides is 1. The van der Waals surface area contributed by atoms with Crippen LogP contribution in [-0.2, 0) is 11.8 Å². The molecule has 0 saturated heterocycles. The quantitative estimate of drug-likeness (QED) is 0.595. The molecular weight excluding hydrogens is 453 g/mol. The molecule has 31 heavy (non-hydrogen) atoms. The predicted molar refractivity (Wildman–Crippen MR) is 113 cm³/mol. The molecule has 4 rings (SSSR count). The fraction of sp³-hybridized carbons (Fsp3) is 0.263. The summed E-state index contributed by atoms with van der Waals surface area (Å²) in [5.74, 6) is -2.82. The third-order valence-electron chi connectivity index (χ3n) is 5.03. The largest absolute Gasteiger partial charge is 0.366 e. The second-order valence-electron chi connectivity index (χ2n) is 7.21. The second-order valence-corrected chi connectivity index (χ2v) is 8.00. The lowest BCUT2D eigenvalue weighted by molar-refractivity contribution is -0.117. The van der Waals surface area contributed by atoms with Crippen LogP contribution in [0, 0.1) is 11.7 Å². The number of halogens is 4. The number of amides is 2. The van der Waals surface area contributed by atoms with Crippen molar-refractivity contribution in [2.24, 2.45) is 18.7 Å². The number of alkyl halides is 1. The maximum Gasteiger partial charge on any atom is 0.248 e. The number of aryl methyl sites for hydroxylation is 1. The van der Waals surface area contributed by atoms with Crippen molar-refractivity contribution in [3.63, 3.8) is 0 Å². The molecule has 0 radical (unpaired) electrons. The van der Waals surface area contributed by atoms with E-state index in [1.165, 1.54) is 24.3 Å². The van der Waals surface area contributed by atoms with Crippen molar-refractivity contribution >= 4 is 63.4 Å². The standard InChI is InChI=1S/C19H16Cl2F2N6O2/c1-28-6-25-13-15(28)12(21)18(26-17(13)27-19(31)8-5-10(8)22)29(2)14-9(20)3-7(16(24)30)4-11(14)23/h3-4,6,8,10H,5H2,1-2H3,(H2,24,30)(H,26,27,31)/t8-,10+/m0/s1. The molecule has 2 atom stereocenters. The summed E-state index contributed by atoms with van der Waals surface area (Å²) in [6.45, 7) is 0. The molecule has 0 spiro atoms. The van der Waals surface area contributed by atoms with Gasteiger partial charge in [-0.1, -0.05) is 23.2 Å². The van der Waals surface area contributed by atoms with E-state index in [4.69, 9.17) is 28.9 Å². The van der Waals surface area contributed by atoms with E-state index in [2.05, 4.69) is 15.3 Å². The lowest BCUT2D eigenvalue weighted by atomic mass is 10.1. The van der Waals surface area contributed by atoms with Gasteiger partial charge in [-0.25, -0.2) is 18.7 Å². The van der Waals surface area contributed by atoms with Gasteiger partial charge in [-0.3, -0.25) is 9.59 Å². The van der Waals surface area contributed by atoms with E-state index in [9.17, 15) is 18.4 Å². The molecule has 2 amide bonds. The van der Waals surface area contributed by atoms with Crippen molar-refractivity contribution in [3.05, 3.63) is 39.9 Å². The van der Waals surface area contributed by atoms with Crippen LogP contribution < -0.4 is 16.0 Å². The number of hydrogen-bond donors (Lipinski definition) is 2. The zero-order chi connectivity index (χ0) is 22.6. The highest BCUT2D eigenvalue weighted by Gasteiger charge is 2.44. The number of carbonyl (C=O) groups is 2. The highest BCUT2D eigenvalue weighted by atomic mass is 35.5. The van der Waals surface area contributed by atoms with Gasteiger partial charge in [0, 0.05) is 19.7 Å². The first kappa shape index (κ1) is 21.3. The Balaban J connectivity index is 1.84. The third kappa shape index (κ3) is 3.66. The van der Waals surface area contributed by atoms with Crippen molar-refractivity contribution < 1.29 is 18.4 Å². The molecule has 0 bridgehead atoms. The monoisotopic (exact) mass is 468 g/mol. The fourth-order valence-electron chi connectivity index (χ4n) is 3.26. The molecule has 1 aliphatic rings. The topological polar surface area (TPSA) is 106 Å². The number of benzene rings is 1. The van der Waals surface area contributed by atoms with Gasteiger partial charge in [0.25, 0.3) is 0 Å². The molecule has 1 aromatic carbocycles. The summed E-state index contributed by atoms with van der Waals surface area (Å²) < 4.78 is 29.7. The summed E-state index contributed by atoms with van der Waals surface area (Å²) in [6, 6.07) is 2.18. The number of rotatable bonds is 5. The predicted octanol–water partition coefficient (Wildman–Crippen LogP) is 3.58. The van der Waals surface area contributed by atoms with Crippen LogP contribution in [0.4, 0.5) is 26.1 Å². The average Bonchev–Trinajstić information content (AvgIpc) is 3.30. The maximum absolute atomic E-state index is 14.8. The third-order valence-corrected chi connectivity index (χ3v) is 5.66. The van der Waals surface area contributed by atoms with Crippen molar-refractivity contribution in [1.29, 1.82) is 0 Å². The van der Waals surface area contributed by atoms with Crippen LogP contribution in [0.3, 0.4) is 0 Å². The number of hydrogen-bond acceptors (Lipinski definition) is 5. The molecule has 162 valence electrons. The Hall–Kier alpha value is -2.98. The van der Waals surface area contributed by atoms with Gasteiger partial charge >= 0.3 is 0 Å². The van der Waals surface area contributed by atoms with Gasteiger partial charge in [-0.05, 0) is 18.6 Å². The fourth-order valence-corrected chi connectivity index (χ4v) is 3.99. The Morgan fingerprint density at radius 3 is 2.61 bits per heavy atom. The molecule has 2 heterocycles. The molecule has 2 aromatic heterocycles. The number of anilines is 3. The highest BCUT2D eigenvalue weighted by Crippen LogP contribution is 2.41. The number of nitrogens with two attached hydrogens (primary N) is 1. The SMILES string of the molecule is CN(c1nc(NC(=O)[C@H]2C[C@H]2F)c2ncn(C)c2c1Cl)c1c(F)cc(C(N)=O)cc1Cl. The Bertz CT molecular complexity index is 1220. The van der Waals surface area contributed by atoms with Gasteiger partial charge in [0.15, 0.2) is 11.6 Å². The summed E-state index contributed by atoms with van der Waals surface area (Å²) in [4.78, 5) is 33.5. The van der Waals surface area contributed by atoms with Gasteiger partial charge in [0.1, 0.15) is 22.5 Å². The Morgan fingerprint density at radius 1 is 1.35 bits per heavy atom. The van der Waals surface area contributed by atoms with E-state index in [0.29, 0.717) is 11.0 Å². The zero-order valence-electron chi connectivity index (χ0n) is 16.3. The molecule has 8 nitrogen and oxygen atoms in total. The number of nitrogens with zero attached hydrogens (tertiary/aromatic N) is 4. The van der Waals surface area contributed by atoms with Crippen LogP contribution >= 0.6 is 23.2 Å². The van der Waals surface area contributed by atoms with E-state index < -0.39 is 29.7 Å². The minimum atomic E-state index is -1.19. The van der Waals surface area contributed by atoms with Crippen molar-refractivity contribution in [2.45, 2.75) is 12.6 Å². The van der Waals surface area contributed by atoms with E-state index in [1.807, 2.05) is 0 Å². The number of imidazole rings is 1. The molecule has 1 aliphatic carbocycles. The first-order valence-corrected chi connectivity index (χ1v) is 9.83. The summed E-state index contributed by atoms with van der Waals surface area (Å²) >= 11 is 12.8. The van der Waals surface area contributed by atoms with Crippen LogP contribution in [0.2, 0.25) is 10.0 Å². The van der Waals surface area contributed by atoms with Gasteiger partial charge in [-0.2, -0.15) is 0 Å². The Kier molecular flexibility index (Phi) is 5.22. The van der Waals surface area contributed by atoms with Crippen molar-refractivity contribution in [2.75, 3.05) is 17.3 Å². The van der Waals surface area contributed by atoms with Crippen molar-refractivity contribution in [1.82, 2.24) is 14.5 Å². The highest BCUT2D eigenvalue weighted by molar-refractivity contribution is 6.38. The molecule has 12 heteroatoms. The molecule has 3 aromatic rings. The van der Waals surface area contributed by atoms with Crippen molar-refractivity contribution in [3.8, 4) is 0 Å². The van der Waals surface area contributed by atoms with E-state index in [-0.39, 0.29) is 39.4 Å². The Morgan fingerprint density at radius 2 is 2.03 bits per heavy atom. The molecule has 3 N–H and O–H groups in total. The number of carbonyl (C=O) groups excluding carboxylic acids is 2. The normalized spacial score (nSPS) is 17.6. The summed E-state index contributed by atoms with van der Waals surface area (Å²) in [7, 11) is 3.15. The van der Waals surface area contributed by atoms with Crippen LogP contribution in [0.25, 0.3) is 11.0 Å². The van der Waals surface area contributed by atoms with Crippen LogP contribution in [0.15, 0.2) is 18.5 Å². The van der Waals surface area contributed by atoms with Crippen LogP contribution in [-0.4, -0.2) is 39.6 Å². The smallest absolute Gasteiger partial charge is 0.248 e.